The number of rotatable bonds is 7. The third-order valence-corrected chi connectivity index (χ3v) is 5.40. The molecule has 1 saturated heterocycles. The maximum Gasteiger partial charge on any atom is 0.0659 e. The highest BCUT2D eigenvalue weighted by molar-refractivity contribution is 5.24. The fourth-order valence-corrected chi connectivity index (χ4v) is 3.97. The van der Waals surface area contributed by atoms with E-state index < -0.39 is 0 Å². The van der Waals surface area contributed by atoms with Crippen LogP contribution in [0.2, 0.25) is 0 Å². The summed E-state index contributed by atoms with van der Waals surface area (Å²) in [6.07, 6.45) is 3.83. The van der Waals surface area contributed by atoms with E-state index in [9.17, 15) is 0 Å². The number of hydrogen-bond acceptors (Lipinski definition) is 3. The number of aromatic nitrogens is 2. The van der Waals surface area contributed by atoms with Gasteiger partial charge in [0.1, 0.15) is 0 Å². The Morgan fingerprint density at radius 1 is 0.926 bits per heavy atom. The summed E-state index contributed by atoms with van der Waals surface area (Å²) in [6.45, 7) is 7.42. The first kappa shape index (κ1) is 18.0. The van der Waals surface area contributed by atoms with Gasteiger partial charge in [0.05, 0.1) is 6.54 Å². The van der Waals surface area contributed by atoms with Gasteiger partial charge in [0.15, 0.2) is 0 Å². The van der Waals surface area contributed by atoms with E-state index in [-0.39, 0.29) is 0 Å². The maximum absolute atomic E-state index is 4.30. The molecule has 2 atom stereocenters. The van der Waals surface area contributed by atoms with Crippen LogP contribution in [0.5, 0.6) is 0 Å². The van der Waals surface area contributed by atoms with Crippen LogP contribution in [0, 0.1) is 5.92 Å². The molecule has 140 valence electrons. The largest absolute Gasteiger partial charge is 0.308 e. The maximum atomic E-state index is 4.30. The zero-order valence-electron chi connectivity index (χ0n) is 16.0. The predicted octanol–water partition coefficient (Wildman–Crippen LogP) is 3.54. The van der Waals surface area contributed by atoms with Crippen molar-refractivity contribution in [3.8, 4) is 0 Å². The molecule has 3 aromatic rings. The fraction of sp³-hybridized carbons (Fsp3) is 0.348. The van der Waals surface area contributed by atoms with Gasteiger partial charge < -0.3 is 5.32 Å². The molecule has 1 aliphatic rings. The molecule has 4 heteroatoms. The second-order valence-electron chi connectivity index (χ2n) is 7.67. The van der Waals surface area contributed by atoms with E-state index >= 15 is 0 Å². The Bertz CT molecular complexity index is 829. The van der Waals surface area contributed by atoms with Gasteiger partial charge in [-0.2, -0.15) is 5.10 Å². The van der Waals surface area contributed by atoms with Gasteiger partial charge in [0, 0.05) is 44.6 Å². The Morgan fingerprint density at radius 3 is 2.56 bits per heavy atom. The lowest BCUT2D eigenvalue weighted by molar-refractivity contribution is 0.316. The molecule has 2 aromatic carbocycles. The van der Waals surface area contributed by atoms with Gasteiger partial charge in [-0.25, -0.2) is 0 Å². The van der Waals surface area contributed by atoms with Crippen LogP contribution in [0.4, 0.5) is 0 Å². The van der Waals surface area contributed by atoms with Crippen molar-refractivity contribution >= 4 is 0 Å². The fourth-order valence-electron chi connectivity index (χ4n) is 3.97. The van der Waals surface area contributed by atoms with Crippen molar-refractivity contribution in [2.75, 3.05) is 13.1 Å². The van der Waals surface area contributed by atoms with Crippen molar-refractivity contribution in [1.29, 1.82) is 0 Å². The van der Waals surface area contributed by atoms with Gasteiger partial charge in [0.25, 0.3) is 0 Å². The highest BCUT2D eigenvalue weighted by Crippen LogP contribution is 2.19. The molecule has 0 amide bonds. The third-order valence-electron chi connectivity index (χ3n) is 5.40. The van der Waals surface area contributed by atoms with Crippen molar-refractivity contribution in [2.24, 2.45) is 5.92 Å². The van der Waals surface area contributed by atoms with Crippen LogP contribution < -0.4 is 5.32 Å². The summed E-state index contributed by atoms with van der Waals surface area (Å²) in [4.78, 5) is 2.56. The summed E-state index contributed by atoms with van der Waals surface area (Å²) in [5, 5.41) is 8.08. The summed E-state index contributed by atoms with van der Waals surface area (Å²) in [6, 6.07) is 22.1. The minimum Gasteiger partial charge on any atom is -0.308 e. The molecule has 0 aliphatic carbocycles. The molecule has 0 spiro atoms. The highest BCUT2D eigenvalue weighted by Gasteiger charge is 2.28. The normalized spacial score (nSPS) is 20.2. The lowest BCUT2D eigenvalue weighted by atomic mass is 10.1. The van der Waals surface area contributed by atoms with Crippen molar-refractivity contribution < 1.29 is 0 Å². The number of likely N-dealkylation sites (tertiary alicyclic amines) is 1. The summed E-state index contributed by atoms with van der Waals surface area (Å²) >= 11 is 0. The molecule has 0 bridgehead atoms. The number of nitrogens with one attached hydrogen (secondary N) is 1. The van der Waals surface area contributed by atoms with Crippen LogP contribution in [-0.4, -0.2) is 33.8 Å². The molecule has 1 fully saturated rings. The van der Waals surface area contributed by atoms with Crippen LogP contribution in [0.25, 0.3) is 0 Å². The predicted molar refractivity (Wildman–Crippen MR) is 109 cm³/mol. The molecule has 27 heavy (non-hydrogen) atoms. The van der Waals surface area contributed by atoms with Crippen LogP contribution in [0.15, 0.2) is 73.1 Å². The van der Waals surface area contributed by atoms with Crippen LogP contribution in [-0.2, 0) is 19.6 Å². The molecule has 0 unspecified atom stereocenters. The number of benzene rings is 2. The lowest BCUT2D eigenvalue weighted by Crippen LogP contribution is -2.35. The average Bonchev–Trinajstić information content (AvgIpc) is 3.31. The Hall–Kier alpha value is -2.43. The van der Waals surface area contributed by atoms with Gasteiger partial charge in [-0.15, -0.1) is 0 Å². The van der Waals surface area contributed by atoms with Crippen LogP contribution in [0.1, 0.15) is 23.6 Å². The van der Waals surface area contributed by atoms with E-state index in [1.165, 1.54) is 16.7 Å². The Morgan fingerprint density at radius 2 is 1.74 bits per heavy atom. The monoisotopic (exact) mass is 360 g/mol. The second-order valence-corrected chi connectivity index (χ2v) is 7.67. The van der Waals surface area contributed by atoms with E-state index in [1.54, 1.807) is 0 Å². The molecule has 0 saturated carbocycles. The third kappa shape index (κ3) is 4.85. The standard InChI is InChI=1S/C23H28N4/c1-19-15-26(16-20-7-3-2-4-8-20)18-23(19)24-14-21-9-5-10-22(13-21)17-27-12-6-11-25-27/h2-13,19,23-24H,14-18H2,1H3/t19-,23+/m1/s1. The van der Waals surface area contributed by atoms with Gasteiger partial charge in [-0.05, 0) is 28.7 Å². The molecule has 1 N–H and O–H groups in total. The lowest BCUT2D eigenvalue weighted by Gasteiger charge is -2.18. The van der Waals surface area contributed by atoms with E-state index in [2.05, 4.69) is 76.8 Å². The first-order valence-corrected chi connectivity index (χ1v) is 9.81. The van der Waals surface area contributed by atoms with Crippen LogP contribution >= 0.6 is 0 Å². The van der Waals surface area contributed by atoms with Gasteiger partial charge >= 0.3 is 0 Å². The topological polar surface area (TPSA) is 33.1 Å². The van der Waals surface area contributed by atoms with Crippen LogP contribution in [0.3, 0.4) is 0 Å². The van der Waals surface area contributed by atoms with Gasteiger partial charge in [-0.1, -0.05) is 61.5 Å². The summed E-state index contributed by atoms with van der Waals surface area (Å²) in [5.74, 6) is 0.668. The Labute approximate surface area is 161 Å². The summed E-state index contributed by atoms with van der Waals surface area (Å²) in [7, 11) is 0. The van der Waals surface area contributed by atoms with E-state index in [4.69, 9.17) is 0 Å². The number of nitrogens with zero attached hydrogens (tertiary/aromatic N) is 3. The van der Waals surface area contributed by atoms with Crippen molar-refractivity contribution in [3.63, 3.8) is 0 Å². The minimum absolute atomic E-state index is 0.545. The first-order valence-electron chi connectivity index (χ1n) is 9.81. The highest BCUT2D eigenvalue weighted by atomic mass is 15.3. The summed E-state index contributed by atoms with van der Waals surface area (Å²) < 4.78 is 1.97. The van der Waals surface area contributed by atoms with Crippen molar-refractivity contribution in [2.45, 2.75) is 32.6 Å². The molecule has 0 radical (unpaired) electrons. The Kier molecular flexibility index (Phi) is 5.66. The van der Waals surface area contributed by atoms with E-state index in [0.717, 1.165) is 32.7 Å². The van der Waals surface area contributed by atoms with Crippen molar-refractivity contribution in [3.05, 3.63) is 89.7 Å². The first-order chi connectivity index (χ1) is 13.3. The quantitative estimate of drug-likeness (QED) is 0.700. The Balaban J connectivity index is 1.31. The summed E-state index contributed by atoms with van der Waals surface area (Å²) in [5.41, 5.74) is 4.04. The molecule has 1 aliphatic heterocycles. The number of hydrogen-bond donors (Lipinski definition) is 1. The van der Waals surface area contributed by atoms with E-state index in [0.29, 0.717) is 12.0 Å². The molecule has 2 heterocycles. The average molecular weight is 361 g/mol. The second kappa shape index (κ2) is 8.51. The zero-order valence-corrected chi connectivity index (χ0v) is 16.0. The SMILES string of the molecule is C[C@@H]1CN(Cc2ccccc2)C[C@@H]1NCc1cccc(Cn2cccn2)c1. The van der Waals surface area contributed by atoms with Gasteiger partial charge in [0.2, 0.25) is 0 Å². The smallest absolute Gasteiger partial charge is 0.0659 e. The molecule has 4 nitrogen and oxygen atoms in total. The van der Waals surface area contributed by atoms with E-state index in [1.807, 2.05) is 23.1 Å². The minimum atomic E-state index is 0.545. The molecular weight excluding hydrogens is 332 g/mol. The zero-order chi connectivity index (χ0) is 18.5. The molecule has 4 rings (SSSR count). The van der Waals surface area contributed by atoms with Gasteiger partial charge in [-0.3, -0.25) is 9.58 Å². The molecular formula is C23H28N4. The van der Waals surface area contributed by atoms with Crippen molar-refractivity contribution in [1.82, 2.24) is 20.0 Å². The molecule has 1 aromatic heterocycles.